The van der Waals surface area contributed by atoms with Gasteiger partial charge in [0, 0.05) is 23.2 Å². The third-order valence-electron chi connectivity index (χ3n) is 4.09. The summed E-state index contributed by atoms with van der Waals surface area (Å²) >= 11 is 0. The van der Waals surface area contributed by atoms with Gasteiger partial charge in [-0.25, -0.2) is 0 Å². The van der Waals surface area contributed by atoms with Gasteiger partial charge in [-0.3, -0.25) is 4.98 Å². The summed E-state index contributed by atoms with van der Waals surface area (Å²) in [6.45, 7) is 0. The monoisotopic (exact) mass is 297 g/mol. The van der Waals surface area contributed by atoms with Gasteiger partial charge in [0.15, 0.2) is 5.58 Å². The van der Waals surface area contributed by atoms with Crippen molar-refractivity contribution >= 4 is 33.0 Å². The molecule has 0 atom stereocenters. The first kappa shape index (κ1) is 12.3. The first-order valence-electron chi connectivity index (χ1n) is 7.39. The van der Waals surface area contributed by atoms with Gasteiger partial charge in [-0.2, -0.15) is 5.10 Å². The summed E-state index contributed by atoms with van der Waals surface area (Å²) in [4.78, 5) is 4.56. The quantitative estimate of drug-likeness (QED) is 0.454. The highest BCUT2D eigenvalue weighted by atomic mass is 16.3. The number of rotatable bonds is 1. The second-order valence-corrected chi connectivity index (χ2v) is 5.41. The Kier molecular flexibility index (Phi) is 2.46. The lowest BCUT2D eigenvalue weighted by atomic mass is 9.98. The van der Waals surface area contributed by atoms with Gasteiger partial charge in [0.25, 0.3) is 0 Å². The molecule has 0 bridgehead atoms. The Labute approximate surface area is 131 Å². The molecule has 0 saturated heterocycles. The normalized spacial score (nSPS) is 11.5. The molecule has 2 aromatic carbocycles. The molecule has 5 aromatic rings. The average molecular weight is 297 g/mol. The van der Waals surface area contributed by atoms with Crippen LogP contribution in [0.5, 0.6) is 0 Å². The Bertz CT molecular complexity index is 1170. The molecule has 3 heterocycles. The van der Waals surface area contributed by atoms with Gasteiger partial charge in [0.2, 0.25) is 0 Å². The molecule has 0 fully saturated rings. The van der Waals surface area contributed by atoms with E-state index in [0.717, 1.165) is 44.1 Å². The molecule has 0 aliphatic heterocycles. The maximum Gasteiger partial charge on any atom is 0.157 e. The van der Waals surface area contributed by atoms with Crippen LogP contribution in [0.15, 0.2) is 71.4 Å². The third kappa shape index (κ3) is 1.75. The minimum atomic E-state index is 0.746. The molecule has 0 radical (unpaired) electrons. The second kappa shape index (κ2) is 4.61. The van der Waals surface area contributed by atoms with Gasteiger partial charge in [-0.1, -0.05) is 36.4 Å². The molecule has 0 amide bonds. The lowest BCUT2D eigenvalue weighted by Gasteiger charge is -2.07. The standard InChI is InChI=1S/C19H11N3O/c1-4-12-5-3-10-20-18(12)14(7-1)13-6-2-8-15-17(13)19-16(23-15)9-11-21-22-19/h1-11H. The van der Waals surface area contributed by atoms with Gasteiger partial charge < -0.3 is 4.42 Å². The highest BCUT2D eigenvalue weighted by Gasteiger charge is 2.15. The van der Waals surface area contributed by atoms with E-state index in [9.17, 15) is 0 Å². The van der Waals surface area contributed by atoms with E-state index in [0.29, 0.717) is 0 Å². The molecular formula is C19H11N3O. The van der Waals surface area contributed by atoms with Gasteiger partial charge in [-0.05, 0) is 17.7 Å². The molecule has 3 aromatic heterocycles. The number of benzene rings is 2. The molecule has 0 aliphatic rings. The van der Waals surface area contributed by atoms with Crippen molar-refractivity contribution in [1.29, 1.82) is 0 Å². The fourth-order valence-corrected chi connectivity index (χ4v) is 3.10. The Morgan fingerprint density at radius 3 is 2.57 bits per heavy atom. The Morgan fingerprint density at radius 2 is 1.57 bits per heavy atom. The van der Waals surface area contributed by atoms with Gasteiger partial charge in [-0.15, -0.1) is 5.10 Å². The molecule has 4 heteroatoms. The largest absolute Gasteiger partial charge is 0.454 e. The number of nitrogens with zero attached hydrogens (tertiary/aromatic N) is 3. The summed E-state index contributed by atoms with van der Waals surface area (Å²) < 4.78 is 5.90. The van der Waals surface area contributed by atoms with Crippen LogP contribution >= 0.6 is 0 Å². The van der Waals surface area contributed by atoms with E-state index < -0.39 is 0 Å². The van der Waals surface area contributed by atoms with E-state index in [2.05, 4.69) is 39.4 Å². The molecule has 4 nitrogen and oxygen atoms in total. The summed E-state index contributed by atoms with van der Waals surface area (Å²) in [6.07, 6.45) is 3.46. The fraction of sp³-hybridized carbons (Fsp3) is 0. The summed E-state index contributed by atoms with van der Waals surface area (Å²) in [7, 11) is 0. The maximum absolute atomic E-state index is 5.90. The maximum atomic E-state index is 5.90. The Balaban J connectivity index is 1.96. The zero-order valence-corrected chi connectivity index (χ0v) is 12.1. The SMILES string of the molecule is c1cnc2c(-c3cccc4oc5ccnnc5c34)cccc2c1. The van der Waals surface area contributed by atoms with Crippen molar-refractivity contribution in [2.24, 2.45) is 0 Å². The number of pyridine rings is 1. The van der Waals surface area contributed by atoms with Crippen LogP contribution in [-0.2, 0) is 0 Å². The van der Waals surface area contributed by atoms with Gasteiger partial charge in [0.05, 0.1) is 17.1 Å². The predicted octanol–water partition coefficient (Wildman–Crippen LogP) is 4.59. The van der Waals surface area contributed by atoms with Gasteiger partial charge in [0.1, 0.15) is 11.1 Å². The molecule has 5 rings (SSSR count). The smallest absolute Gasteiger partial charge is 0.157 e. The summed E-state index contributed by atoms with van der Waals surface area (Å²) in [5.41, 5.74) is 5.45. The van der Waals surface area contributed by atoms with Crippen LogP contribution in [0.3, 0.4) is 0 Å². The van der Waals surface area contributed by atoms with Crippen LogP contribution in [0.1, 0.15) is 0 Å². The Hall–Kier alpha value is -3.27. The van der Waals surface area contributed by atoms with Crippen LogP contribution in [-0.4, -0.2) is 15.2 Å². The van der Waals surface area contributed by atoms with E-state index in [1.54, 1.807) is 6.20 Å². The summed E-state index contributed by atoms with van der Waals surface area (Å²) in [5.74, 6) is 0. The average Bonchev–Trinajstić information content (AvgIpc) is 3.00. The van der Waals surface area contributed by atoms with Crippen LogP contribution in [0.2, 0.25) is 0 Å². The first-order chi connectivity index (χ1) is 11.4. The summed E-state index contributed by atoms with van der Waals surface area (Å²) in [5, 5.41) is 10.4. The molecule has 0 unspecified atom stereocenters. The zero-order valence-electron chi connectivity index (χ0n) is 12.1. The lowest BCUT2D eigenvalue weighted by Crippen LogP contribution is -1.86. The number of para-hydroxylation sites is 1. The van der Waals surface area contributed by atoms with Crippen molar-refractivity contribution in [3.05, 3.63) is 67.0 Å². The van der Waals surface area contributed by atoms with Crippen molar-refractivity contribution < 1.29 is 4.42 Å². The molecule has 0 spiro atoms. The van der Waals surface area contributed by atoms with Crippen LogP contribution in [0, 0.1) is 0 Å². The van der Waals surface area contributed by atoms with E-state index in [1.807, 2.05) is 36.5 Å². The zero-order chi connectivity index (χ0) is 15.2. The lowest BCUT2D eigenvalue weighted by molar-refractivity contribution is 0.667. The van der Waals surface area contributed by atoms with Crippen molar-refractivity contribution in [1.82, 2.24) is 15.2 Å². The highest BCUT2D eigenvalue weighted by Crippen LogP contribution is 2.37. The molecule has 23 heavy (non-hydrogen) atoms. The van der Waals surface area contributed by atoms with E-state index >= 15 is 0 Å². The molecule has 0 N–H and O–H groups in total. The molecular weight excluding hydrogens is 286 g/mol. The van der Waals surface area contributed by atoms with Crippen LogP contribution < -0.4 is 0 Å². The minimum Gasteiger partial charge on any atom is -0.454 e. The van der Waals surface area contributed by atoms with Crippen molar-refractivity contribution in [3.8, 4) is 11.1 Å². The Morgan fingerprint density at radius 1 is 0.696 bits per heavy atom. The number of hydrogen-bond acceptors (Lipinski definition) is 4. The van der Waals surface area contributed by atoms with Gasteiger partial charge >= 0.3 is 0 Å². The van der Waals surface area contributed by atoms with Crippen molar-refractivity contribution in [2.75, 3.05) is 0 Å². The van der Waals surface area contributed by atoms with Crippen LogP contribution in [0.4, 0.5) is 0 Å². The van der Waals surface area contributed by atoms with E-state index in [-0.39, 0.29) is 0 Å². The second-order valence-electron chi connectivity index (χ2n) is 5.41. The van der Waals surface area contributed by atoms with E-state index in [4.69, 9.17) is 4.42 Å². The van der Waals surface area contributed by atoms with E-state index in [1.165, 1.54) is 0 Å². The first-order valence-corrected chi connectivity index (χ1v) is 7.39. The minimum absolute atomic E-state index is 0.746. The summed E-state index contributed by atoms with van der Waals surface area (Å²) in [6, 6.07) is 18.1. The molecule has 0 saturated carbocycles. The number of furan rings is 1. The number of fused-ring (bicyclic) bond motifs is 4. The van der Waals surface area contributed by atoms with Crippen molar-refractivity contribution in [2.45, 2.75) is 0 Å². The fourth-order valence-electron chi connectivity index (χ4n) is 3.10. The molecule has 0 aliphatic carbocycles. The van der Waals surface area contributed by atoms with Crippen LogP contribution in [0.25, 0.3) is 44.1 Å². The van der Waals surface area contributed by atoms with Crippen molar-refractivity contribution in [3.63, 3.8) is 0 Å². The number of aromatic nitrogens is 3. The third-order valence-corrected chi connectivity index (χ3v) is 4.09. The highest BCUT2D eigenvalue weighted by molar-refractivity contribution is 6.13. The number of hydrogen-bond donors (Lipinski definition) is 0. The predicted molar refractivity (Wildman–Crippen MR) is 90.0 cm³/mol. The topological polar surface area (TPSA) is 51.8 Å². The molecule has 108 valence electrons.